The number of benzene rings is 1. The molecule has 0 bridgehead atoms. The fraction of sp³-hybridized carbons (Fsp3) is 0. The van der Waals surface area contributed by atoms with Gasteiger partial charge in [-0.1, -0.05) is 0 Å². The molecule has 0 aliphatic carbocycles. The van der Waals surface area contributed by atoms with Crippen LogP contribution in [0.5, 0.6) is 0 Å². The molecule has 0 saturated carbocycles. The lowest BCUT2D eigenvalue weighted by Gasteiger charge is -1.96. The number of rotatable bonds is 1. The smallest absolute Gasteiger partial charge is 0.335 e. The third-order valence-electron chi connectivity index (χ3n) is 1.17. The molecular formula is C7H4BrIO2. The SMILES string of the molecule is O=C(O)c1ccc(I)c(Br)c1. The molecule has 0 aromatic heterocycles. The first-order valence-electron chi connectivity index (χ1n) is 2.79. The number of halogens is 2. The molecule has 0 saturated heterocycles. The van der Waals surface area contributed by atoms with Crippen molar-refractivity contribution in [3.8, 4) is 0 Å². The lowest BCUT2D eigenvalue weighted by molar-refractivity contribution is 0.0697. The van der Waals surface area contributed by atoms with Gasteiger partial charge < -0.3 is 5.11 Å². The Kier molecular flexibility index (Phi) is 2.89. The molecule has 1 aromatic carbocycles. The van der Waals surface area contributed by atoms with Gasteiger partial charge in [-0.05, 0) is 56.7 Å². The first-order chi connectivity index (χ1) is 5.11. The van der Waals surface area contributed by atoms with E-state index >= 15 is 0 Å². The van der Waals surface area contributed by atoms with Crippen LogP contribution in [0.4, 0.5) is 0 Å². The Balaban J connectivity index is 3.15. The molecule has 4 heteroatoms. The van der Waals surface area contributed by atoms with Gasteiger partial charge in [0.1, 0.15) is 0 Å². The van der Waals surface area contributed by atoms with E-state index in [0.29, 0.717) is 5.56 Å². The Morgan fingerprint density at radius 1 is 1.55 bits per heavy atom. The van der Waals surface area contributed by atoms with Gasteiger partial charge in [-0.3, -0.25) is 0 Å². The van der Waals surface area contributed by atoms with E-state index in [4.69, 9.17) is 5.11 Å². The van der Waals surface area contributed by atoms with Crippen molar-refractivity contribution in [2.24, 2.45) is 0 Å². The van der Waals surface area contributed by atoms with Gasteiger partial charge in [-0.25, -0.2) is 4.79 Å². The van der Waals surface area contributed by atoms with Gasteiger partial charge in [0.05, 0.1) is 5.56 Å². The standard InChI is InChI=1S/C7H4BrIO2/c8-5-3-4(7(10)11)1-2-6(5)9/h1-3H,(H,10,11). The highest BCUT2D eigenvalue weighted by molar-refractivity contribution is 14.1. The zero-order valence-electron chi connectivity index (χ0n) is 5.34. The van der Waals surface area contributed by atoms with E-state index in [1.54, 1.807) is 18.2 Å². The van der Waals surface area contributed by atoms with Gasteiger partial charge in [-0.15, -0.1) is 0 Å². The molecular weight excluding hydrogens is 323 g/mol. The van der Waals surface area contributed by atoms with Crippen molar-refractivity contribution < 1.29 is 9.90 Å². The molecule has 1 N–H and O–H groups in total. The molecule has 0 fully saturated rings. The Morgan fingerprint density at radius 2 is 2.18 bits per heavy atom. The summed E-state index contributed by atoms with van der Waals surface area (Å²) in [6, 6.07) is 4.92. The van der Waals surface area contributed by atoms with Gasteiger partial charge in [0.25, 0.3) is 0 Å². The molecule has 0 atom stereocenters. The maximum Gasteiger partial charge on any atom is 0.335 e. The molecule has 2 nitrogen and oxygen atoms in total. The predicted molar refractivity (Wildman–Crippen MR) is 53.8 cm³/mol. The highest BCUT2D eigenvalue weighted by Gasteiger charge is 2.03. The van der Waals surface area contributed by atoms with Gasteiger partial charge >= 0.3 is 5.97 Å². The second kappa shape index (κ2) is 3.53. The first kappa shape index (κ1) is 8.99. The van der Waals surface area contributed by atoms with Crippen molar-refractivity contribution >= 4 is 44.5 Å². The third-order valence-corrected chi connectivity index (χ3v) is 3.50. The number of hydrogen-bond acceptors (Lipinski definition) is 1. The molecule has 1 aromatic rings. The molecule has 0 unspecified atom stereocenters. The summed E-state index contributed by atoms with van der Waals surface area (Å²) >= 11 is 5.37. The summed E-state index contributed by atoms with van der Waals surface area (Å²) in [5.41, 5.74) is 0.303. The number of aromatic carboxylic acids is 1. The van der Waals surface area contributed by atoms with Crippen molar-refractivity contribution in [1.29, 1.82) is 0 Å². The van der Waals surface area contributed by atoms with Crippen LogP contribution in [0, 0.1) is 3.57 Å². The second-order valence-corrected chi connectivity index (χ2v) is 3.95. The quantitative estimate of drug-likeness (QED) is 0.806. The highest BCUT2D eigenvalue weighted by atomic mass is 127. The minimum atomic E-state index is -0.901. The minimum absolute atomic E-state index is 0.303. The second-order valence-electron chi connectivity index (χ2n) is 1.93. The van der Waals surface area contributed by atoms with Crippen LogP contribution >= 0.6 is 38.5 Å². The number of carboxylic acid groups (broad SMARTS) is 1. The fourth-order valence-electron chi connectivity index (χ4n) is 0.629. The molecule has 0 radical (unpaired) electrons. The number of carboxylic acids is 1. The first-order valence-corrected chi connectivity index (χ1v) is 4.67. The van der Waals surface area contributed by atoms with E-state index in [1.807, 2.05) is 0 Å². The summed E-state index contributed by atoms with van der Waals surface area (Å²) in [4.78, 5) is 10.4. The molecule has 0 spiro atoms. The van der Waals surface area contributed by atoms with E-state index in [-0.39, 0.29) is 0 Å². The maximum absolute atomic E-state index is 10.4. The molecule has 1 rings (SSSR count). The van der Waals surface area contributed by atoms with Crippen molar-refractivity contribution in [3.63, 3.8) is 0 Å². The summed E-state index contributed by atoms with van der Waals surface area (Å²) in [6.07, 6.45) is 0. The third kappa shape index (κ3) is 2.16. The maximum atomic E-state index is 10.4. The summed E-state index contributed by atoms with van der Waals surface area (Å²) in [6.45, 7) is 0. The molecule has 0 amide bonds. The molecule has 0 heterocycles. The van der Waals surface area contributed by atoms with Gasteiger partial charge in [-0.2, -0.15) is 0 Å². The lowest BCUT2D eigenvalue weighted by Crippen LogP contribution is -1.95. The van der Waals surface area contributed by atoms with Crippen LogP contribution in [0.2, 0.25) is 0 Å². The minimum Gasteiger partial charge on any atom is -0.478 e. The molecule has 11 heavy (non-hydrogen) atoms. The van der Waals surface area contributed by atoms with E-state index < -0.39 is 5.97 Å². The number of carbonyl (C=O) groups is 1. The van der Waals surface area contributed by atoms with Gasteiger partial charge in [0, 0.05) is 8.04 Å². The Morgan fingerprint density at radius 3 is 2.64 bits per heavy atom. The van der Waals surface area contributed by atoms with Crippen LogP contribution < -0.4 is 0 Å². The van der Waals surface area contributed by atoms with Crippen molar-refractivity contribution in [3.05, 3.63) is 31.8 Å². The Bertz CT molecular complexity index is 298. The van der Waals surface area contributed by atoms with Crippen LogP contribution in [-0.2, 0) is 0 Å². The van der Waals surface area contributed by atoms with Crippen LogP contribution in [0.1, 0.15) is 10.4 Å². The van der Waals surface area contributed by atoms with Crippen molar-refractivity contribution in [2.45, 2.75) is 0 Å². The highest BCUT2D eigenvalue weighted by Crippen LogP contribution is 2.19. The normalized spacial score (nSPS) is 9.64. The average molecular weight is 327 g/mol. The topological polar surface area (TPSA) is 37.3 Å². The van der Waals surface area contributed by atoms with Gasteiger partial charge in [0.15, 0.2) is 0 Å². The van der Waals surface area contributed by atoms with E-state index in [0.717, 1.165) is 8.04 Å². The Hall–Kier alpha value is -0.100. The van der Waals surface area contributed by atoms with Crippen LogP contribution in [0.3, 0.4) is 0 Å². The van der Waals surface area contributed by atoms with Crippen molar-refractivity contribution in [2.75, 3.05) is 0 Å². The van der Waals surface area contributed by atoms with E-state index in [9.17, 15) is 4.79 Å². The van der Waals surface area contributed by atoms with Crippen LogP contribution in [0.15, 0.2) is 22.7 Å². The van der Waals surface area contributed by atoms with Crippen molar-refractivity contribution in [1.82, 2.24) is 0 Å². The van der Waals surface area contributed by atoms with E-state index in [2.05, 4.69) is 38.5 Å². The molecule has 0 aliphatic heterocycles. The average Bonchev–Trinajstić information content (AvgIpc) is 1.94. The zero-order chi connectivity index (χ0) is 8.43. The monoisotopic (exact) mass is 326 g/mol. The Labute approximate surface area is 85.9 Å². The largest absolute Gasteiger partial charge is 0.478 e. The summed E-state index contributed by atoms with van der Waals surface area (Å²) in [5.74, 6) is -0.901. The van der Waals surface area contributed by atoms with Gasteiger partial charge in [0.2, 0.25) is 0 Å². The zero-order valence-corrected chi connectivity index (χ0v) is 9.09. The fourth-order valence-corrected chi connectivity index (χ4v) is 1.34. The molecule has 0 aliphatic rings. The summed E-state index contributed by atoms with van der Waals surface area (Å²) in [5, 5.41) is 8.58. The lowest BCUT2D eigenvalue weighted by atomic mass is 10.2. The predicted octanol–water partition coefficient (Wildman–Crippen LogP) is 2.75. The van der Waals surface area contributed by atoms with Crippen LogP contribution in [-0.4, -0.2) is 11.1 Å². The summed E-state index contributed by atoms with van der Waals surface area (Å²) < 4.78 is 1.82. The van der Waals surface area contributed by atoms with Crippen LogP contribution in [0.25, 0.3) is 0 Å². The van der Waals surface area contributed by atoms with E-state index in [1.165, 1.54) is 0 Å². The number of hydrogen-bond donors (Lipinski definition) is 1. The molecule has 58 valence electrons. The summed E-state index contributed by atoms with van der Waals surface area (Å²) in [7, 11) is 0.